The van der Waals surface area contributed by atoms with Crippen molar-refractivity contribution in [2.75, 3.05) is 0 Å². The number of nitrogens with one attached hydrogen (secondary N) is 1. The summed E-state index contributed by atoms with van der Waals surface area (Å²) in [4.78, 5) is 0. The lowest BCUT2D eigenvalue weighted by atomic mass is 10.0. The maximum atomic E-state index is 13.3. The van der Waals surface area contributed by atoms with Gasteiger partial charge in [-0.3, -0.25) is 0 Å². The summed E-state index contributed by atoms with van der Waals surface area (Å²) in [6.45, 7) is 5.63. The molecule has 0 saturated carbocycles. The Hall–Kier alpha value is -0.220. The summed E-state index contributed by atoms with van der Waals surface area (Å²) in [5, 5.41) is 0. The van der Waals surface area contributed by atoms with Gasteiger partial charge >= 0.3 is 0 Å². The molecule has 1 aliphatic carbocycles. The van der Waals surface area contributed by atoms with E-state index in [-0.39, 0.29) is 10.8 Å². The molecule has 1 N–H and O–H groups in total. The molecule has 0 saturated heterocycles. The van der Waals surface area contributed by atoms with Gasteiger partial charge in [0.05, 0.1) is 21.8 Å². The van der Waals surface area contributed by atoms with Crippen LogP contribution in [0.3, 0.4) is 0 Å². The first-order valence-corrected chi connectivity index (χ1v) is 6.03. The average molecular weight is 219 g/mol. The van der Waals surface area contributed by atoms with E-state index >= 15 is 0 Å². The standard InChI is InChI=1S/C10H18FNOS/c1-10(2,3)14(13)12-9-7-5-4-6-8(9)11/h4-5,8-9,12H,6-7H2,1-3H3/t8-,9+,14?/m1/s1. The third kappa shape index (κ3) is 3.17. The molecule has 0 aromatic heterocycles. The van der Waals surface area contributed by atoms with Crippen LogP contribution in [0.5, 0.6) is 0 Å². The highest BCUT2D eigenvalue weighted by atomic mass is 32.2. The van der Waals surface area contributed by atoms with Gasteiger partial charge in [-0.2, -0.15) is 0 Å². The zero-order valence-electron chi connectivity index (χ0n) is 8.92. The summed E-state index contributed by atoms with van der Waals surface area (Å²) in [6, 6.07) is -0.292. The number of hydrogen-bond acceptors (Lipinski definition) is 1. The molecular formula is C10H18FNOS. The lowest BCUT2D eigenvalue weighted by molar-refractivity contribution is 0.264. The van der Waals surface area contributed by atoms with Crippen LogP contribution in [0.15, 0.2) is 12.2 Å². The molecule has 2 nitrogen and oxygen atoms in total. The van der Waals surface area contributed by atoms with Gasteiger partial charge in [-0.1, -0.05) is 12.2 Å². The molecule has 1 unspecified atom stereocenters. The number of rotatable bonds is 2. The van der Waals surface area contributed by atoms with Crippen LogP contribution in [-0.2, 0) is 11.0 Å². The fraction of sp³-hybridized carbons (Fsp3) is 0.800. The van der Waals surface area contributed by atoms with Crippen molar-refractivity contribution in [1.29, 1.82) is 0 Å². The number of alkyl halides is 1. The monoisotopic (exact) mass is 219 g/mol. The molecule has 14 heavy (non-hydrogen) atoms. The minimum Gasteiger partial charge on any atom is -0.245 e. The van der Waals surface area contributed by atoms with Crippen molar-refractivity contribution in [2.24, 2.45) is 0 Å². The van der Waals surface area contributed by atoms with Crippen molar-refractivity contribution >= 4 is 11.0 Å². The Bertz CT molecular complexity index is 247. The molecule has 82 valence electrons. The highest BCUT2D eigenvalue weighted by Gasteiger charge is 2.27. The molecule has 0 bridgehead atoms. The van der Waals surface area contributed by atoms with Crippen LogP contribution in [0, 0.1) is 0 Å². The van der Waals surface area contributed by atoms with Gasteiger partial charge in [0.25, 0.3) is 0 Å². The van der Waals surface area contributed by atoms with Crippen LogP contribution in [0.2, 0.25) is 0 Å². The normalized spacial score (nSPS) is 30.3. The van der Waals surface area contributed by atoms with Crippen molar-refractivity contribution in [3.8, 4) is 0 Å². The van der Waals surface area contributed by atoms with Gasteiger partial charge in [-0.15, -0.1) is 0 Å². The first kappa shape index (κ1) is 11.9. The van der Waals surface area contributed by atoms with Crippen LogP contribution in [0.1, 0.15) is 33.6 Å². The summed E-state index contributed by atoms with van der Waals surface area (Å²) < 4.78 is 27.6. The lowest BCUT2D eigenvalue weighted by Gasteiger charge is -2.27. The van der Waals surface area contributed by atoms with Crippen molar-refractivity contribution in [2.45, 2.75) is 50.6 Å². The predicted octanol–water partition coefficient (Wildman–Crippen LogP) is 2.09. The van der Waals surface area contributed by atoms with Crippen molar-refractivity contribution in [3.63, 3.8) is 0 Å². The van der Waals surface area contributed by atoms with E-state index in [0.717, 1.165) is 0 Å². The highest BCUT2D eigenvalue weighted by Crippen LogP contribution is 2.18. The molecule has 0 heterocycles. The second-order valence-electron chi connectivity index (χ2n) is 4.56. The van der Waals surface area contributed by atoms with Crippen LogP contribution in [0.4, 0.5) is 4.39 Å². The summed E-state index contributed by atoms with van der Waals surface area (Å²) >= 11 is 0. The maximum absolute atomic E-state index is 13.3. The molecule has 3 atom stereocenters. The van der Waals surface area contributed by atoms with Crippen LogP contribution in [0.25, 0.3) is 0 Å². The summed E-state index contributed by atoms with van der Waals surface area (Å²) in [5.41, 5.74) is 0. The smallest absolute Gasteiger partial charge is 0.120 e. The van der Waals surface area contributed by atoms with Gasteiger partial charge in [0, 0.05) is 0 Å². The Morgan fingerprint density at radius 2 is 1.93 bits per heavy atom. The SMILES string of the molecule is CC(C)(C)S(=O)N[C@H]1CC=CC[C@H]1F. The van der Waals surface area contributed by atoms with Crippen LogP contribution >= 0.6 is 0 Å². The van der Waals surface area contributed by atoms with E-state index in [1.165, 1.54) is 0 Å². The fourth-order valence-corrected chi connectivity index (χ4v) is 2.09. The molecule has 0 fully saturated rings. The molecule has 1 aliphatic rings. The lowest BCUT2D eigenvalue weighted by Crippen LogP contribution is -2.44. The van der Waals surface area contributed by atoms with Crippen molar-refractivity contribution < 1.29 is 8.60 Å². The maximum Gasteiger partial charge on any atom is 0.120 e. The Balaban J connectivity index is 2.52. The first-order chi connectivity index (χ1) is 6.41. The Kier molecular flexibility index (Phi) is 3.84. The molecule has 4 heteroatoms. The third-order valence-electron chi connectivity index (χ3n) is 2.17. The third-order valence-corrected chi connectivity index (χ3v) is 3.80. The number of allylic oxidation sites excluding steroid dienone is 1. The van der Waals surface area contributed by atoms with E-state index in [2.05, 4.69) is 4.72 Å². The van der Waals surface area contributed by atoms with Crippen molar-refractivity contribution in [1.82, 2.24) is 4.72 Å². The number of halogens is 1. The molecule has 0 amide bonds. The first-order valence-electron chi connectivity index (χ1n) is 4.88. The average Bonchev–Trinajstić information content (AvgIpc) is 2.07. The fourth-order valence-electron chi connectivity index (χ4n) is 1.22. The van der Waals surface area contributed by atoms with E-state index in [1.807, 2.05) is 32.9 Å². The van der Waals surface area contributed by atoms with Gasteiger partial charge in [0.1, 0.15) is 6.17 Å². The van der Waals surface area contributed by atoms with E-state index in [9.17, 15) is 8.60 Å². The van der Waals surface area contributed by atoms with Gasteiger partial charge in [-0.25, -0.2) is 13.3 Å². The van der Waals surface area contributed by atoms with E-state index in [4.69, 9.17) is 0 Å². The second kappa shape index (κ2) is 4.53. The minimum absolute atomic E-state index is 0.292. The quantitative estimate of drug-likeness (QED) is 0.708. The highest BCUT2D eigenvalue weighted by molar-refractivity contribution is 7.84. The predicted molar refractivity (Wildman–Crippen MR) is 58.1 cm³/mol. The largest absolute Gasteiger partial charge is 0.245 e. The second-order valence-corrected chi connectivity index (χ2v) is 6.56. The Morgan fingerprint density at radius 3 is 2.43 bits per heavy atom. The van der Waals surface area contributed by atoms with E-state index in [0.29, 0.717) is 12.8 Å². The molecule has 0 aromatic carbocycles. The summed E-state index contributed by atoms with van der Waals surface area (Å²) in [5.74, 6) is 0. The Morgan fingerprint density at radius 1 is 1.36 bits per heavy atom. The molecule has 0 spiro atoms. The van der Waals surface area contributed by atoms with Gasteiger partial charge in [0.2, 0.25) is 0 Å². The molecule has 0 aliphatic heterocycles. The van der Waals surface area contributed by atoms with Gasteiger partial charge in [0.15, 0.2) is 0 Å². The van der Waals surface area contributed by atoms with E-state index in [1.54, 1.807) is 0 Å². The molecule has 0 aromatic rings. The zero-order valence-corrected chi connectivity index (χ0v) is 9.73. The van der Waals surface area contributed by atoms with E-state index < -0.39 is 17.2 Å². The molecule has 1 rings (SSSR count). The summed E-state index contributed by atoms with van der Waals surface area (Å²) in [7, 11) is -1.18. The molecule has 0 radical (unpaired) electrons. The van der Waals surface area contributed by atoms with Gasteiger partial charge in [-0.05, 0) is 33.6 Å². The summed E-state index contributed by atoms with van der Waals surface area (Å²) in [6.07, 6.45) is 3.92. The van der Waals surface area contributed by atoms with Crippen LogP contribution in [-0.4, -0.2) is 21.2 Å². The van der Waals surface area contributed by atoms with Crippen molar-refractivity contribution in [3.05, 3.63) is 12.2 Å². The minimum atomic E-state index is -1.18. The zero-order chi connectivity index (χ0) is 10.8. The number of hydrogen-bond donors (Lipinski definition) is 1. The van der Waals surface area contributed by atoms with Gasteiger partial charge < -0.3 is 0 Å². The topological polar surface area (TPSA) is 29.1 Å². The van der Waals surface area contributed by atoms with Crippen LogP contribution < -0.4 is 4.72 Å². The Labute approximate surface area is 87.6 Å². The molecular weight excluding hydrogens is 201 g/mol.